The van der Waals surface area contributed by atoms with Gasteiger partial charge >= 0.3 is 0 Å². The zero-order valence-electron chi connectivity index (χ0n) is 21.2. The number of nitrogens with zero attached hydrogens (tertiary/aromatic N) is 4. The van der Waals surface area contributed by atoms with Gasteiger partial charge in [0.15, 0.2) is 11.5 Å². The molecule has 2 aliphatic heterocycles. The molecule has 1 aromatic heterocycles. The van der Waals surface area contributed by atoms with Gasteiger partial charge in [-0.25, -0.2) is 4.68 Å². The average molecular weight is 501 g/mol. The van der Waals surface area contributed by atoms with E-state index in [1.807, 2.05) is 52.1 Å². The summed E-state index contributed by atoms with van der Waals surface area (Å²) < 4.78 is 18.7. The van der Waals surface area contributed by atoms with Crippen molar-refractivity contribution in [1.82, 2.24) is 19.6 Å². The predicted molar refractivity (Wildman–Crippen MR) is 139 cm³/mol. The molecular formula is C29H32N4O4. The van der Waals surface area contributed by atoms with Gasteiger partial charge in [0.25, 0.3) is 5.91 Å². The van der Waals surface area contributed by atoms with Crippen molar-refractivity contribution >= 4 is 5.91 Å². The molecule has 8 nitrogen and oxygen atoms in total. The molecule has 0 radical (unpaired) electrons. The van der Waals surface area contributed by atoms with Gasteiger partial charge in [-0.05, 0) is 49.1 Å². The lowest BCUT2D eigenvalue weighted by Gasteiger charge is -2.28. The highest BCUT2D eigenvalue weighted by Gasteiger charge is 2.32. The summed E-state index contributed by atoms with van der Waals surface area (Å²) in [4.78, 5) is 18.1. The Morgan fingerprint density at radius 1 is 1.22 bits per heavy atom. The Morgan fingerprint density at radius 2 is 2.05 bits per heavy atom. The van der Waals surface area contributed by atoms with Crippen LogP contribution in [0.4, 0.5) is 0 Å². The summed E-state index contributed by atoms with van der Waals surface area (Å²) in [5.74, 6) is 2.61. The first-order valence-electron chi connectivity index (χ1n) is 12.9. The second kappa shape index (κ2) is 9.94. The SMILES string of the molecule is C=CCN1CCc2c(c(CN(CC3CC3)C(=O)c3ccc4c(c3)OCO4)nn2-c2ccccc2OC)C1. The van der Waals surface area contributed by atoms with E-state index in [0.717, 1.165) is 62.6 Å². The Labute approximate surface area is 217 Å². The van der Waals surface area contributed by atoms with Gasteiger partial charge in [-0.15, -0.1) is 6.58 Å². The first-order chi connectivity index (χ1) is 18.1. The summed E-state index contributed by atoms with van der Waals surface area (Å²) in [6.07, 6.45) is 5.13. The number of aromatic nitrogens is 2. The van der Waals surface area contributed by atoms with Crippen LogP contribution >= 0.6 is 0 Å². The van der Waals surface area contributed by atoms with Gasteiger partial charge in [-0.3, -0.25) is 9.69 Å². The van der Waals surface area contributed by atoms with E-state index in [-0.39, 0.29) is 12.7 Å². The van der Waals surface area contributed by atoms with Crippen molar-refractivity contribution in [1.29, 1.82) is 0 Å². The quantitative estimate of drug-likeness (QED) is 0.410. The maximum absolute atomic E-state index is 13.8. The fourth-order valence-electron chi connectivity index (χ4n) is 5.24. The molecular weight excluding hydrogens is 468 g/mol. The predicted octanol–water partition coefficient (Wildman–Crippen LogP) is 4.21. The van der Waals surface area contributed by atoms with Crippen molar-refractivity contribution in [3.8, 4) is 22.9 Å². The zero-order valence-corrected chi connectivity index (χ0v) is 21.2. The molecule has 0 N–H and O–H groups in total. The summed E-state index contributed by atoms with van der Waals surface area (Å²) in [6.45, 7) is 7.82. The van der Waals surface area contributed by atoms with Crippen molar-refractivity contribution in [3.05, 3.63) is 77.6 Å². The molecule has 1 amide bonds. The van der Waals surface area contributed by atoms with Crippen molar-refractivity contribution in [2.75, 3.05) is 33.5 Å². The summed E-state index contributed by atoms with van der Waals surface area (Å²) in [6, 6.07) is 13.4. The molecule has 3 heterocycles. The van der Waals surface area contributed by atoms with Crippen LogP contribution < -0.4 is 14.2 Å². The number of hydrogen-bond donors (Lipinski definition) is 0. The fourth-order valence-corrected chi connectivity index (χ4v) is 5.24. The zero-order chi connectivity index (χ0) is 25.4. The number of carbonyl (C=O) groups is 1. The molecule has 6 rings (SSSR count). The lowest BCUT2D eigenvalue weighted by atomic mass is 10.0. The summed E-state index contributed by atoms with van der Waals surface area (Å²) in [5.41, 5.74) is 4.83. The molecule has 3 aromatic rings. The standard InChI is InChI=1S/C29H32N4O4/c1-3-13-31-14-12-24-22(17-31)23(30-33(24)25-6-4-5-7-26(25)35-2)18-32(16-20-8-9-20)29(34)21-10-11-27-28(15-21)37-19-36-27/h3-7,10-11,15,20H,1,8-9,12-14,16-19H2,2H3. The van der Waals surface area contributed by atoms with E-state index >= 15 is 0 Å². The van der Waals surface area contributed by atoms with Crippen LogP contribution in [-0.2, 0) is 19.5 Å². The van der Waals surface area contributed by atoms with Gasteiger partial charge < -0.3 is 19.1 Å². The minimum absolute atomic E-state index is 0.00968. The van der Waals surface area contributed by atoms with Gasteiger partial charge in [-0.1, -0.05) is 18.2 Å². The molecule has 0 bridgehead atoms. The van der Waals surface area contributed by atoms with Crippen LogP contribution in [0.5, 0.6) is 17.2 Å². The molecule has 37 heavy (non-hydrogen) atoms. The summed E-state index contributed by atoms with van der Waals surface area (Å²) >= 11 is 0. The number of amides is 1. The van der Waals surface area contributed by atoms with Gasteiger partial charge in [0.05, 0.1) is 25.0 Å². The maximum Gasteiger partial charge on any atom is 0.254 e. The number of carbonyl (C=O) groups excluding carboxylic acids is 1. The highest BCUT2D eigenvalue weighted by Crippen LogP contribution is 2.35. The minimum Gasteiger partial charge on any atom is -0.494 e. The van der Waals surface area contributed by atoms with Crippen LogP contribution in [0.2, 0.25) is 0 Å². The second-order valence-electron chi connectivity index (χ2n) is 9.93. The lowest BCUT2D eigenvalue weighted by molar-refractivity contribution is 0.0731. The number of benzene rings is 2. The van der Waals surface area contributed by atoms with Crippen LogP contribution in [0.15, 0.2) is 55.1 Å². The Kier molecular flexibility index (Phi) is 6.34. The molecule has 1 saturated carbocycles. The Balaban J connectivity index is 1.37. The van der Waals surface area contributed by atoms with Crippen molar-refractivity contribution < 1.29 is 19.0 Å². The number of ether oxygens (including phenoxy) is 3. The normalized spacial score (nSPS) is 16.4. The van der Waals surface area contributed by atoms with E-state index < -0.39 is 0 Å². The molecule has 1 fully saturated rings. The molecule has 0 atom stereocenters. The van der Waals surface area contributed by atoms with E-state index in [1.165, 1.54) is 11.3 Å². The van der Waals surface area contributed by atoms with Gasteiger partial charge in [-0.2, -0.15) is 5.10 Å². The van der Waals surface area contributed by atoms with E-state index in [0.29, 0.717) is 29.5 Å². The first kappa shape index (κ1) is 23.6. The van der Waals surface area contributed by atoms with Crippen molar-refractivity contribution in [2.24, 2.45) is 5.92 Å². The largest absolute Gasteiger partial charge is 0.494 e. The molecule has 0 unspecified atom stereocenters. The minimum atomic E-state index is -0.00968. The topological polar surface area (TPSA) is 69.1 Å². The second-order valence-corrected chi connectivity index (χ2v) is 9.93. The van der Waals surface area contributed by atoms with Crippen molar-refractivity contribution in [3.63, 3.8) is 0 Å². The highest BCUT2D eigenvalue weighted by molar-refractivity contribution is 5.95. The fraction of sp³-hybridized carbons (Fsp3) is 0.379. The number of para-hydroxylation sites is 2. The smallest absolute Gasteiger partial charge is 0.254 e. The van der Waals surface area contributed by atoms with E-state index in [4.69, 9.17) is 19.3 Å². The van der Waals surface area contributed by atoms with Crippen LogP contribution in [0.25, 0.3) is 5.69 Å². The third-order valence-corrected chi connectivity index (χ3v) is 7.34. The van der Waals surface area contributed by atoms with Crippen LogP contribution in [0.1, 0.15) is 40.2 Å². The molecule has 2 aromatic carbocycles. The molecule has 192 valence electrons. The van der Waals surface area contributed by atoms with Gasteiger partial charge in [0.2, 0.25) is 6.79 Å². The van der Waals surface area contributed by atoms with E-state index in [9.17, 15) is 4.79 Å². The van der Waals surface area contributed by atoms with E-state index in [2.05, 4.69) is 11.5 Å². The lowest BCUT2D eigenvalue weighted by Crippen LogP contribution is -2.34. The molecule has 0 spiro atoms. The van der Waals surface area contributed by atoms with Gasteiger partial charge in [0, 0.05) is 43.7 Å². The Morgan fingerprint density at radius 3 is 2.86 bits per heavy atom. The van der Waals surface area contributed by atoms with Crippen molar-refractivity contribution in [2.45, 2.75) is 32.4 Å². The number of hydrogen-bond acceptors (Lipinski definition) is 6. The number of methoxy groups -OCH3 is 1. The maximum atomic E-state index is 13.8. The number of rotatable bonds is 9. The monoisotopic (exact) mass is 500 g/mol. The number of fused-ring (bicyclic) bond motifs is 2. The molecule has 8 heteroatoms. The molecule has 0 saturated heterocycles. The van der Waals surface area contributed by atoms with E-state index in [1.54, 1.807) is 13.2 Å². The van der Waals surface area contributed by atoms with Gasteiger partial charge in [0.1, 0.15) is 11.4 Å². The average Bonchev–Trinajstić information content (AvgIpc) is 3.50. The summed E-state index contributed by atoms with van der Waals surface area (Å²) in [5, 5.41) is 5.11. The highest BCUT2D eigenvalue weighted by atomic mass is 16.7. The van der Waals surface area contributed by atoms with Crippen LogP contribution in [0, 0.1) is 5.92 Å². The Hall–Kier alpha value is -3.78. The summed E-state index contributed by atoms with van der Waals surface area (Å²) in [7, 11) is 1.68. The first-order valence-corrected chi connectivity index (χ1v) is 12.9. The van der Waals surface area contributed by atoms with Crippen LogP contribution in [0.3, 0.4) is 0 Å². The molecule has 1 aliphatic carbocycles. The van der Waals surface area contributed by atoms with Crippen LogP contribution in [-0.4, -0.2) is 59.0 Å². The molecule has 3 aliphatic rings. The Bertz CT molecular complexity index is 1330. The third-order valence-electron chi connectivity index (χ3n) is 7.34. The third kappa shape index (κ3) is 4.69.